The van der Waals surface area contributed by atoms with Gasteiger partial charge in [0.1, 0.15) is 5.82 Å². The third-order valence-corrected chi connectivity index (χ3v) is 9.43. The molecular formula is C28H42FN2P. The summed E-state index contributed by atoms with van der Waals surface area (Å²) in [6.07, 6.45) is 4.76. The van der Waals surface area contributed by atoms with Crippen LogP contribution in [0.2, 0.25) is 0 Å². The maximum Gasteiger partial charge on any atom is 0.123 e. The molecule has 1 fully saturated rings. The van der Waals surface area contributed by atoms with Crippen LogP contribution in [-0.2, 0) is 0 Å². The van der Waals surface area contributed by atoms with Crippen LogP contribution in [0.4, 0.5) is 4.39 Å². The predicted octanol–water partition coefficient (Wildman–Crippen LogP) is 5.93. The maximum atomic E-state index is 13.8. The topological polar surface area (TPSA) is 6.48 Å². The molecule has 1 aliphatic rings. The summed E-state index contributed by atoms with van der Waals surface area (Å²) in [5.74, 6) is -0.145. The minimum Gasteiger partial charge on any atom is -0.298 e. The van der Waals surface area contributed by atoms with Crippen molar-refractivity contribution in [1.82, 2.24) is 9.80 Å². The Hall–Kier alpha value is -1.28. The number of hydrogen-bond donors (Lipinski definition) is 0. The molecule has 0 bridgehead atoms. The molecule has 0 aromatic heterocycles. The third-order valence-electron chi connectivity index (χ3n) is 6.51. The van der Waals surface area contributed by atoms with Crippen molar-refractivity contribution in [1.29, 1.82) is 0 Å². The smallest absolute Gasteiger partial charge is 0.123 e. The first-order chi connectivity index (χ1) is 15.5. The molecule has 4 atom stereocenters. The fourth-order valence-electron chi connectivity index (χ4n) is 5.20. The SMILES string of the molecule is CCCN(CCC)C1C(P(c2ccc(C)cc2)c2ccc(F)cc2)[C@@H]1N(CCC)CCC. The maximum absolute atomic E-state index is 13.8. The lowest BCUT2D eigenvalue weighted by atomic mass is 10.2. The van der Waals surface area contributed by atoms with Crippen molar-refractivity contribution in [2.24, 2.45) is 0 Å². The molecule has 1 aliphatic carbocycles. The Bertz CT molecular complexity index is 728. The fourth-order valence-corrected chi connectivity index (χ4v) is 8.37. The summed E-state index contributed by atoms with van der Waals surface area (Å²) in [6, 6.07) is 17.7. The number of rotatable bonds is 13. The van der Waals surface area contributed by atoms with Gasteiger partial charge in [0, 0.05) is 17.7 Å². The van der Waals surface area contributed by atoms with Crippen molar-refractivity contribution >= 4 is 18.5 Å². The van der Waals surface area contributed by atoms with Crippen molar-refractivity contribution in [2.75, 3.05) is 26.2 Å². The zero-order valence-electron chi connectivity index (χ0n) is 20.7. The summed E-state index contributed by atoms with van der Waals surface area (Å²) in [6.45, 7) is 16.0. The highest BCUT2D eigenvalue weighted by molar-refractivity contribution is 7.74. The van der Waals surface area contributed by atoms with E-state index in [1.165, 1.54) is 41.9 Å². The molecule has 3 unspecified atom stereocenters. The molecule has 2 aromatic rings. The Kier molecular flexibility index (Phi) is 9.71. The van der Waals surface area contributed by atoms with E-state index in [1.807, 2.05) is 12.1 Å². The van der Waals surface area contributed by atoms with Crippen LogP contribution in [0.5, 0.6) is 0 Å². The zero-order valence-corrected chi connectivity index (χ0v) is 21.6. The van der Waals surface area contributed by atoms with Gasteiger partial charge in [-0.15, -0.1) is 0 Å². The first-order valence-electron chi connectivity index (χ1n) is 12.6. The van der Waals surface area contributed by atoms with E-state index in [9.17, 15) is 4.39 Å². The van der Waals surface area contributed by atoms with Crippen molar-refractivity contribution < 1.29 is 4.39 Å². The summed E-state index contributed by atoms with van der Waals surface area (Å²) >= 11 is 0. The number of hydrogen-bond acceptors (Lipinski definition) is 2. The number of aryl methyl sites for hydroxylation is 1. The summed E-state index contributed by atoms with van der Waals surface area (Å²) in [5.41, 5.74) is 1.89. The molecule has 0 spiro atoms. The average Bonchev–Trinajstić information content (AvgIpc) is 3.51. The standard InChI is InChI=1S/C28H42FN2P/c1-6-18-30(19-7-2)26-27(31(20-8-3)21-9-4)28(26)32(24-14-10-22(5)11-15-24)25-16-12-23(29)13-17-25/h10-17,26-28H,6-9,18-21H2,1-5H3/t26-,27?,28?,32?/m1/s1. The highest BCUT2D eigenvalue weighted by Crippen LogP contribution is 2.56. The van der Waals surface area contributed by atoms with Crippen LogP contribution in [-0.4, -0.2) is 53.7 Å². The summed E-state index contributed by atoms with van der Waals surface area (Å²) < 4.78 is 13.8. The van der Waals surface area contributed by atoms with Crippen LogP contribution in [0.1, 0.15) is 58.9 Å². The summed E-state index contributed by atoms with van der Waals surface area (Å²) in [5, 5.41) is 2.74. The van der Waals surface area contributed by atoms with Crippen LogP contribution in [0.3, 0.4) is 0 Å². The van der Waals surface area contributed by atoms with E-state index in [4.69, 9.17) is 0 Å². The molecule has 0 heterocycles. The molecule has 2 aromatic carbocycles. The summed E-state index contributed by atoms with van der Waals surface area (Å²) in [4.78, 5) is 5.53. The molecule has 4 heteroatoms. The average molecular weight is 457 g/mol. The van der Waals surface area contributed by atoms with E-state index in [2.05, 4.69) is 68.7 Å². The van der Waals surface area contributed by atoms with Gasteiger partial charge in [0.05, 0.1) is 0 Å². The predicted molar refractivity (Wildman–Crippen MR) is 139 cm³/mol. The molecule has 0 saturated heterocycles. The monoisotopic (exact) mass is 456 g/mol. The normalized spacial score (nSPS) is 21.3. The van der Waals surface area contributed by atoms with Crippen LogP contribution in [0.25, 0.3) is 0 Å². The first kappa shape index (κ1) is 25.3. The van der Waals surface area contributed by atoms with E-state index in [-0.39, 0.29) is 5.82 Å². The molecule has 1 saturated carbocycles. The lowest BCUT2D eigenvalue weighted by Crippen LogP contribution is -2.36. The first-order valence-corrected chi connectivity index (χ1v) is 14.1. The minimum absolute atomic E-state index is 0.145. The molecule has 32 heavy (non-hydrogen) atoms. The van der Waals surface area contributed by atoms with Gasteiger partial charge in [-0.2, -0.15) is 0 Å². The van der Waals surface area contributed by atoms with Gasteiger partial charge in [0.25, 0.3) is 0 Å². The van der Waals surface area contributed by atoms with E-state index >= 15 is 0 Å². The van der Waals surface area contributed by atoms with Crippen molar-refractivity contribution in [3.63, 3.8) is 0 Å². The Labute approximate surface area is 197 Å². The van der Waals surface area contributed by atoms with Gasteiger partial charge in [-0.1, -0.05) is 69.7 Å². The third kappa shape index (κ3) is 5.99. The number of halogens is 1. The van der Waals surface area contributed by atoms with Crippen molar-refractivity contribution in [2.45, 2.75) is 78.0 Å². The second-order valence-electron chi connectivity index (χ2n) is 9.23. The summed E-state index contributed by atoms with van der Waals surface area (Å²) in [7, 11) is -0.560. The molecule has 2 nitrogen and oxygen atoms in total. The van der Waals surface area contributed by atoms with Crippen LogP contribution in [0.15, 0.2) is 48.5 Å². The van der Waals surface area contributed by atoms with Gasteiger partial charge < -0.3 is 0 Å². The van der Waals surface area contributed by atoms with Crippen LogP contribution >= 0.6 is 7.92 Å². The Balaban J connectivity index is 2.05. The second kappa shape index (κ2) is 12.3. The molecule has 0 radical (unpaired) electrons. The number of nitrogens with zero attached hydrogens (tertiary/aromatic N) is 2. The van der Waals surface area contributed by atoms with E-state index < -0.39 is 7.92 Å². The molecule has 0 aliphatic heterocycles. The van der Waals surface area contributed by atoms with Gasteiger partial charge in [0.2, 0.25) is 0 Å². The van der Waals surface area contributed by atoms with Gasteiger partial charge in [-0.25, -0.2) is 4.39 Å². The minimum atomic E-state index is -0.560. The Morgan fingerprint density at radius 3 is 1.41 bits per heavy atom. The van der Waals surface area contributed by atoms with Gasteiger partial charge in [0.15, 0.2) is 0 Å². The van der Waals surface area contributed by atoms with Gasteiger partial charge in [-0.05, 0) is 89.4 Å². The van der Waals surface area contributed by atoms with Gasteiger partial charge >= 0.3 is 0 Å². The molecule has 3 rings (SSSR count). The Morgan fingerprint density at radius 1 is 0.656 bits per heavy atom. The van der Waals surface area contributed by atoms with Crippen molar-refractivity contribution in [3.8, 4) is 0 Å². The van der Waals surface area contributed by atoms with E-state index in [0.29, 0.717) is 17.7 Å². The second-order valence-corrected chi connectivity index (χ2v) is 11.6. The highest BCUT2D eigenvalue weighted by Gasteiger charge is 2.59. The largest absolute Gasteiger partial charge is 0.298 e. The molecule has 0 amide bonds. The van der Waals surface area contributed by atoms with Gasteiger partial charge in [-0.3, -0.25) is 9.80 Å². The van der Waals surface area contributed by atoms with Crippen LogP contribution < -0.4 is 10.6 Å². The lowest BCUT2D eigenvalue weighted by molar-refractivity contribution is 0.199. The Morgan fingerprint density at radius 2 is 1.03 bits per heavy atom. The van der Waals surface area contributed by atoms with E-state index in [0.717, 1.165) is 26.2 Å². The van der Waals surface area contributed by atoms with Crippen LogP contribution in [0, 0.1) is 12.7 Å². The van der Waals surface area contributed by atoms with Crippen molar-refractivity contribution in [3.05, 3.63) is 59.9 Å². The molecule has 0 N–H and O–H groups in total. The molecular weight excluding hydrogens is 414 g/mol. The number of benzene rings is 2. The quantitative estimate of drug-likeness (QED) is 0.345. The highest BCUT2D eigenvalue weighted by atomic mass is 31.1. The zero-order chi connectivity index (χ0) is 23.1. The van der Waals surface area contributed by atoms with E-state index in [1.54, 1.807) is 12.1 Å². The molecule has 176 valence electrons. The lowest BCUT2D eigenvalue weighted by Gasteiger charge is -2.26. The fraction of sp³-hybridized carbons (Fsp3) is 0.571.